The Morgan fingerprint density at radius 3 is 2.78 bits per heavy atom. The maximum atomic E-state index is 10.8. The van der Waals surface area contributed by atoms with E-state index >= 15 is 0 Å². The highest BCUT2D eigenvalue weighted by Crippen LogP contribution is 2.32. The van der Waals surface area contributed by atoms with E-state index in [4.69, 9.17) is 9.84 Å². The third-order valence-corrected chi connectivity index (χ3v) is 4.51. The molecule has 1 heterocycles. The molecule has 1 aliphatic rings. The lowest BCUT2D eigenvalue weighted by molar-refractivity contribution is -0.131. The summed E-state index contributed by atoms with van der Waals surface area (Å²) < 4.78 is 6.23. The molecule has 1 aromatic carbocycles. The Morgan fingerprint density at radius 1 is 1.19 bits per heavy atom. The van der Waals surface area contributed by atoms with Gasteiger partial charge >= 0.3 is 5.97 Å². The summed E-state index contributed by atoms with van der Waals surface area (Å²) in [5, 5.41) is 8.87. The van der Waals surface area contributed by atoms with Crippen LogP contribution in [0.5, 0.6) is 5.75 Å². The Balaban J connectivity index is 2.02. The predicted octanol–water partition coefficient (Wildman–Crippen LogP) is 6.33. The Bertz CT molecular complexity index is 738. The second kappa shape index (κ2) is 11.2. The molecule has 27 heavy (non-hydrogen) atoms. The van der Waals surface area contributed by atoms with Crippen LogP contribution in [0.4, 0.5) is 0 Å². The minimum Gasteiger partial charge on any atom is -0.485 e. The van der Waals surface area contributed by atoms with E-state index in [2.05, 4.69) is 25.2 Å². The van der Waals surface area contributed by atoms with Crippen LogP contribution in [-0.2, 0) is 4.79 Å². The van der Waals surface area contributed by atoms with Gasteiger partial charge in [-0.1, -0.05) is 55.8 Å². The summed E-state index contributed by atoms with van der Waals surface area (Å²) in [4.78, 5) is 10.8. The van der Waals surface area contributed by atoms with Gasteiger partial charge in [0.05, 0.1) is 0 Å². The van der Waals surface area contributed by atoms with E-state index in [1.54, 1.807) is 6.92 Å². The van der Waals surface area contributed by atoms with Gasteiger partial charge in [-0.05, 0) is 62.3 Å². The SMILES string of the molecule is CCC=CCCCCCC1Oc2ccccc2C=C1C=CC(C)=CC(=O)O. The van der Waals surface area contributed by atoms with Gasteiger partial charge < -0.3 is 9.84 Å². The van der Waals surface area contributed by atoms with E-state index in [-0.39, 0.29) is 6.10 Å². The number of fused-ring (bicyclic) bond motifs is 1. The van der Waals surface area contributed by atoms with Gasteiger partial charge in [0.2, 0.25) is 0 Å². The number of para-hydroxylation sites is 1. The van der Waals surface area contributed by atoms with Gasteiger partial charge in [0.25, 0.3) is 0 Å². The van der Waals surface area contributed by atoms with E-state index in [0.717, 1.165) is 42.6 Å². The van der Waals surface area contributed by atoms with E-state index < -0.39 is 5.97 Å². The molecule has 1 aliphatic heterocycles. The Morgan fingerprint density at radius 2 is 2.00 bits per heavy atom. The average molecular weight is 367 g/mol. The molecule has 3 nitrogen and oxygen atoms in total. The van der Waals surface area contributed by atoms with Crippen LogP contribution in [-0.4, -0.2) is 17.2 Å². The lowest BCUT2D eigenvalue weighted by Crippen LogP contribution is -2.21. The average Bonchev–Trinajstić information content (AvgIpc) is 2.65. The van der Waals surface area contributed by atoms with Crippen LogP contribution in [0.25, 0.3) is 6.08 Å². The zero-order chi connectivity index (χ0) is 19.5. The van der Waals surface area contributed by atoms with E-state index in [1.165, 1.54) is 18.9 Å². The number of carbonyl (C=O) groups is 1. The molecule has 0 aliphatic carbocycles. The first-order valence-electron chi connectivity index (χ1n) is 9.81. The number of carboxylic acid groups (broad SMARTS) is 1. The number of benzene rings is 1. The van der Waals surface area contributed by atoms with Crippen LogP contribution >= 0.6 is 0 Å². The molecule has 0 aromatic heterocycles. The monoisotopic (exact) mass is 366 g/mol. The van der Waals surface area contributed by atoms with Crippen LogP contribution in [0.3, 0.4) is 0 Å². The largest absolute Gasteiger partial charge is 0.485 e. The zero-order valence-corrected chi connectivity index (χ0v) is 16.4. The molecule has 1 unspecified atom stereocenters. The first kappa shape index (κ1) is 20.8. The van der Waals surface area contributed by atoms with Gasteiger partial charge in [-0.3, -0.25) is 0 Å². The highest BCUT2D eigenvalue weighted by molar-refractivity contribution is 5.81. The Labute approximate surface area is 162 Å². The molecule has 0 spiro atoms. The molecule has 2 rings (SSSR count). The first-order valence-corrected chi connectivity index (χ1v) is 9.81. The maximum absolute atomic E-state index is 10.8. The number of unbranched alkanes of at least 4 members (excludes halogenated alkanes) is 3. The summed E-state index contributed by atoms with van der Waals surface area (Å²) in [5.41, 5.74) is 2.87. The number of carboxylic acids is 1. The van der Waals surface area contributed by atoms with E-state index in [1.807, 2.05) is 36.4 Å². The van der Waals surface area contributed by atoms with Crippen molar-refractivity contribution in [2.45, 2.75) is 58.5 Å². The third kappa shape index (κ3) is 7.30. The minimum atomic E-state index is -0.926. The summed E-state index contributed by atoms with van der Waals surface area (Å²) in [5.74, 6) is -0.00614. The van der Waals surface area contributed by atoms with Crippen LogP contribution in [0.2, 0.25) is 0 Å². The second-order valence-corrected chi connectivity index (χ2v) is 6.87. The van der Waals surface area contributed by atoms with Crippen molar-refractivity contribution in [3.05, 3.63) is 71.4 Å². The van der Waals surface area contributed by atoms with Gasteiger partial charge in [0.1, 0.15) is 11.9 Å². The molecule has 0 saturated carbocycles. The van der Waals surface area contributed by atoms with Crippen molar-refractivity contribution in [1.82, 2.24) is 0 Å². The quantitative estimate of drug-likeness (QED) is 0.228. The number of ether oxygens (including phenoxy) is 1. The first-order chi connectivity index (χ1) is 13.1. The highest BCUT2D eigenvalue weighted by Gasteiger charge is 2.20. The molecule has 0 radical (unpaired) electrons. The number of allylic oxidation sites excluding steroid dienone is 4. The predicted molar refractivity (Wildman–Crippen MR) is 112 cm³/mol. The standard InChI is InChI=1S/C24H30O3/c1-3-4-5-6-7-8-9-13-23-21(16-15-19(2)17-24(25)26)18-20-12-10-11-14-22(20)27-23/h4-5,10-12,14-18,23H,3,6-9,13H2,1-2H3,(H,25,26). The molecule has 1 N–H and O–H groups in total. The topological polar surface area (TPSA) is 46.5 Å². The summed E-state index contributed by atoms with van der Waals surface area (Å²) in [6.45, 7) is 3.95. The Hall–Kier alpha value is -2.55. The van der Waals surface area contributed by atoms with E-state index in [0.29, 0.717) is 5.57 Å². The fourth-order valence-electron chi connectivity index (χ4n) is 3.11. The molecule has 0 amide bonds. The van der Waals surface area contributed by atoms with Crippen LogP contribution < -0.4 is 4.74 Å². The second-order valence-electron chi connectivity index (χ2n) is 6.87. The number of rotatable bonds is 10. The summed E-state index contributed by atoms with van der Waals surface area (Å²) in [6, 6.07) is 8.04. The van der Waals surface area contributed by atoms with Crippen LogP contribution in [0.15, 0.2) is 65.8 Å². The van der Waals surface area contributed by atoms with Gasteiger partial charge in [-0.15, -0.1) is 0 Å². The van der Waals surface area contributed by atoms with Gasteiger partial charge in [-0.25, -0.2) is 4.79 Å². The molecule has 1 aromatic rings. The normalized spacial score (nSPS) is 17.0. The van der Waals surface area contributed by atoms with E-state index in [9.17, 15) is 4.79 Å². The third-order valence-electron chi connectivity index (χ3n) is 4.51. The smallest absolute Gasteiger partial charge is 0.328 e. The highest BCUT2D eigenvalue weighted by atomic mass is 16.5. The minimum absolute atomic E-state index is 0.0139. The van der Waals surface area contributed by atoms with Crippen molar-refractivity contribution < 1.29 is 14.6 Å². The fourth-order valence-corrected chi connectivity index (χ4v) is 3.11. The summed E-state index contributed by atoms with van der Waals surface area (Å²) >= 11 is 0. The van der Waals surface area contributed by atoms with Crippen molar-refractivity contribution in [1.29, 1.82) is 0 Å². The lowest BCUT2D eigenvalue weighted by Gasteiger charge is -2.26. The molecular formula is C24H30O3. The van der Waals surface area contributed by atoms with Crippen molar-refractivity contribution in [2.24, 2.45) is 0 Å². The van der Waals surface area contributed by atoms with Gasteiger partial charge in [0.15, 0.2) is 0 Å². The van der Waals surface area contributed by atoms with Gasteiger partial charge in [-0.2, -0.15) is 0 Å². The molecule has 0 fully saturated rings. The molecular weight excluding hydrogens is 336 g/mol. The number of aliphatic carboxylic acids is 1. The van der Waals surface area contributed by atoms with Crippen molar-refractivity contribution in [2.75, 3.05) is 0 Å². The molecule has 0 bridgehead atoms. The van der Waals surface area contributed by atoms with Crippen LogP contribution in [0, 0.1) is 0 Å². The zero-order valence-electron chi connectivity index (χ0n) is 16.4. The lowest BCUT2D eigenvalue weighted by atomic mass is 9.96. The molecule has 144 valence electrons. The van der Waals surface area contributed by atoms with Gasteiger partial charge in [0, 0.05) is 11.6 Å². The van der Waals surface area contributed by atoms with Crippen LogP contribution in [0.1, 0.15) is 57.9 Å². The summed E-state index contributed by atoms with van der Waals surface area (Å²) in [7, 11) is 0. The number of hydrogen-bond donors (Lipinski definition) is 1. The molecule has 0 saturated heterocycles. The molecule has 1 atom stereocenters. The van der Waals surface area contributed by atoms with Crippen molar-refractivity contribution >= 4 is 12.0 Å². The maximum Gasteiger partial charge on any atom is 0.328 e. The fraction of sp³-hybridized carbons (Fsp3) is 0.375. The summed E-state index contributed by atoms with van der Waals surface area (Å²) in [6.07, 6.45) is 18.4. The van der Waals surface area contributed by atoms with Crippen molar-refractivity contribution in [3.8, 4) is 5.75 Å². The number of hydrogen-bond acceptors (Lipinski definition) is 2. The Kier molecular flexibility index (Phi) is 8.63. The van der Waals surface area contributed by atoms with Crippen molar-refractivity contribution in [3.63, 3.8) is 0 Å². The molecule has 3 heteroatoms.